The fraction of sp³-hybridized carbons (Fsp3) is 0.167. The lowest BCUT2D eigenvalue weighted by Gasteiger charge is -1.98. The number of nitrogens with zero attached hydrogens (tertiary/aromatic N) is 2. The molecule has 0 atom stereocenters. The van der Waals surface area contributed by atoms with Crippen molar-refractivity contribution < 1.29 is 4.52 Å². The number of benzene rings is 1. The third-order valence-electron chi connectivity index (χ3n) is 2.04. The number of rotatable bonds is 4. The predicted molar refractivity (Wildman–Crippen MR) is 66.2 cm³/mol. The third-order valence-corrected chi connectivity index (χ3v) is 2.93. The van der Waals surface area contributed by atoms with Crippen LogP contribution in [0.3, 0.4) is 0 Å². The van der Waals surface area contributed by atoms with Crippen molar-refractivity contribution in [2.45, 2.75) is 11.8 Å². The van der Waals surface area contributed by atoms with Gasteiger partial charge in [-0.25, -0.2) is 0 Å². The minimum absolute atomic E-state index is 0.446. The number of hydrogen-bond donors (Lipinski definition) is 0. The van der Waals surface area contributed by atoms with Gasteiger partial charge >= 0.3 is 0 Å². The average molecular weight is 232 g/mol. The molecule has 0 aliphatic rings. The highest BCUT2D eigenvalue weighted by molar-refractivity contribution is 7.99. The van der Waals surface area contributed by atoms with E-state index in [4.69, 9.17) is 4.52 Å². The molecule has 3 nitrogen and oxygen atoms in total. The van der Waals surface area contributed by atoms with E-state index in [9.17, 15) is 0 Å². The largest absolute Gasteiger partial charge is 0.334 e. The van der Waals surface area contributed by atoms with Crippen molar-refractivity contribution in [2.24, 2.45) is 0 Å². The fourth-order valence-electron chi connectivity index (χ4n) is 1.30. The molecule has 0 bridgehead atoms. The van der Waals surface area contributed by atoms with Crippen LogP contribution in [0.5, 0.6) is 0 Å². The molecule has 0 radical (unpaired) electrons. The molecule has 1 aromatic carbocycles. The number of hydrogen-bond acceptors (Lipinski definition) is 4. The maximum atomic E-state index is 4.96. The summed E-state index contributed by atoms with van der Waals surface area (Å²) in [7, 11) is 0. The van der Waals surface area contributed by atoms with Crippen LogP contribution in [0, 0.1) is 0 Å². The Hall–Kier alpha value is -1.55. The van der Waals surface area contributed by atoms with Gasteiger partial charge in [-0.3, -0.25) is 0 Å². The van der Waals surface area contributed by atoms with Crippen molar-refractivity contribution in [3.05, 3.63) is 36.7 Å². The van der Waals surface area contributed by atoms with Gasteiger partial charge in [0.25, 0.3) is 0 Å². The summed E-state index contributed by atoms with van der Waals surface area (Å²) in [5.74, 6) is 2.12. The third kappa shape index (κ3) is 2.33. The molecule has 0 unspecified atom stereocenters. The topological polar surface area (TPSA) is 38.9 Å². The first-order valence-electron chi connectivity index (χ1n) is 5.03. The Kier molecular flexibility index (Phi) is 3.41. The summed E-state index contributed by atoms with van der Waals surface area (Å²) in [6.45, 7) is 5.71. The summed E-state index contributed by atoms with van der Waals surface area (Å²) in [6, 6.07) is 8.12. The van der Waals surface area contributed by atoms with Gasteiger partial charge < -0.3 is 4.52 Å². The van der Waals surface area contributed by atoms with Crippen LogP contribution in [0.15, 0.2) is 40.3 Å². The molecule has 0 amide bonds. The molecule has 0 saturated carbocycles. The normalized spacial score (nSPS) is 10.3. The van der Waals surface area contributed by atoms with Crippen molar-refractivity contribution in [2.75, 3.05) is 5.75 Å². The summed E-state index contributed by atoms with van der Waals surface area (Å²) < 4.78 is 4.96. The number of thioether (sulfide) groups is 1. The zero-order valence-corrected chi connectivity index (χ0v) is 9.83. The Morgan fingerprint density at radius 2 is 2.12 bits per heavy atom. The van der Waals surface area contributed by atoms with Crippen LogP contribution in [0.25, 0.3) is 17.5 Å². The van der Waals surface area contributed by atoms with Crippen molar-refractivity contribution in [1.82, 2.24) is 10.1 Å². The zero-order chi connectivity index (χ0) is 11.4. The molecular formula is C12H12N2OS. The van der Waals surface area contributed by atoms with E-state index in [1.807, 2.05) is 23.9 Å². The molecule has 0 spiro atoms. The Labute approximate surface area is 98.6 Å². The van der Waals surface area contributed by atoms with E-state index >= 15 is 0 Å². The van der Waals surface area contributed by atoms with Crippen molar-refractivity contribution in [3.8, 4) is 11.4 Å². The van der Waals surface area contributed by atoms with E-state index < -0.39 is 0 Å². The van der Waals surface area contributed by atoms with E-state index in [0.717, 1.165) is 11.3 Å². The van der Waals surface area contributed by atoms with E-state index in [0.29, 0.717) is 11.7 Å². The smallest absolute Gasteiger partial charge is 0.250 e. The van der Waals surface area contributed by atoms with E-state index in [2.05, 4.69) is 35.8 Å². The first kappa shape index (κ1) is 11.0. The van der Waals surface area contributed by atoms with Gasteiger partial charge in [-0.2, -0.15) is 4.98 Å². The Bertz CT molecular complexity index is 476. The summed E-state index contributed by atoms with van der Waals surface area (Å²) in [4.78, 5) is 5.42. The molecule has 0 saturated heterocycles. The quantitative estimate of drug-likeness (QED) is 0.756. The minimum atomic E-state index is 0.446. The van der Waals surface area contributed by atoms with Gasteiger partial charge in [0.1, 0.15) is 0 Å². The van der Waals surface area contributed by atoms with E-state index in [-0.39, 0.29) is 0 Å². The van der Waals surface area contributed by atoms with Crippen LogP contribution < -0.4 is 0 Å². The summed E-state index contributed by atoms with van der Waals surface area (Å²) in [5.41, 5.74) is 0.956. The molecule has 0 aliphatic carbocycles. The molecule has 2 aromatic rings. The number of aromatic nitrogens is 2. The van der Waals surface area contributed by atoms with Crippen LogP contribution in [0.2, 0.25) is 0 Å². The summed E-state index contributed by atoms with van der Waals surface area (Å²) in [5, 5.41) is 3.87. The van der Waals surface area contributed by atoms with Gasteiger partial charge in [0, 0.05) is 10.5 Å². The maximum Gasteiger partial charge on any atom is 0.250 e. The maximum absolute atomic E-state index is 4.96. The molecule has 1 aromatic heterocycles. The monoisotopic (exact) mass is 232 g/mol. The lowest BCUT2D eigenvalue weighted by atomic mass is 10.2. The average Bonchev–Trinajstić information content (AvgIpc) is 2.79. The summed E-state index contributed by atoms with van der Waals surface area (Å²) >= 11 is 1.81. The van der Waals surface area contributed by atoms with Crippen molar-refractivity contribution in [1.29, 1.82) is 0 Å². The second kappa shape index (κ2) is 4.99. The van der Waals surface area contributed by atoms with Crippen LogP contribution in [0.1, 0.15) is 12.8 Å². The SMILES string of the molecule is C=Cc1nc(-c2ccc(SCC)cc2)no1. The molecule has 4 heteroatoms. The van der Waals surface area contributed by atoms with Crippen LogP contribution in [-0.4, -0.2) is 15.9 Å². The molecule has 0 aliphatic heterocycles. The second-order valence-electron chi connectivity index (χ2n) is 3.12. The lowest BCUT2D eigenvalue weighted by molar-refractivity contribution is 0.411. The van der Waals surface area contributed by atoms with Gasteiger partial charge in [-0.05, 0) is 36.1 Å². The Morgan fingerprint density at radius 1 is 1.38 bits per heavy atom. The van der Waals surface area contributed by atoms with Gasteiger partial charge in [0.15, 0.2) is 0 Å². The molecule has 16 heavy (non-hydrogen) atoms. The van der Waals surface area contributed by atoms with Gasteiger partial charge in [0.2, 0.25) is 11.7 Å². The molecule has 1 heterocycles. The van der Waals surface area contributed by atoms with Crippen molar-refractivity contribution in [3.63, 3.8) is 0 Å². The van der Waals surface area contributed by atoms with Gasteiger partial charge in [-0.1, -0.05) is 18.7 Å². The van der Waals surface area contributed by atoms with Crippen LogP contribution in [0.4, 0.5) is 0 Å². The van der Waals surface area contributed by atoms with E-state index in [1.54, 1.807) is 0 Å². The summed E-state index contributed by atoms with van der Waals surface area (Å²) in [6.07, 6.45) is 1.54. The highest BCUT2D eigenvalue weighted by Crippen LogP contribution is 2.22. The standard InChI is InChI=1S/C12H12N2OS/c1-3-11-13-12(14-15-11)9-5-7-10(8-6-9)16-4-2/h3,5-8H,1,4H2,2H3. The van der Waals surface area contributed by atoms with Crippen LogP contribution >= 0.6 is 11.8 Å². The highest BCUT2D eigenvalue weighted by atomic mass is 32.2. The highest BCUT2D eigenvalue weighted by Gasteiger charge is 2.05. The van der Waals surface area contributed by atoms with Gasteiger partial charge in [-0.15, -0.1) is 11.8 Å². The van der Waals surface area contributed by atoms with E-state index in [1.165, 1.54) is 11.0 Å². The van der Waals surface area contributed by atoms with Crippen LogP contribution in [-0.2, 0) is 0 Å². The molecule has 0 N–H and O–H groups in total. The molecule has 2 rings (SSSR count). The molecule has 82 valence electrons. The lowest BCUT2D eigenvalue weighted by Crippen LogP contribution is -1.81. The predicted octanol–water partition coefficient (Wildman–Crippen LogP) is 3.49. The van der Waals surface area contributed by atoms with Crippen molar-refractivity contribution >= 4 is 17.8 Å². The minimum Gasteiger partial charge on any atom is -0.334 e. The Morgan fingerprint density at radius 3 is 2.69 bits per heavy atom. The molecule has 0 fully saturated rings. The fourth-order valence-corrected chi connectivity index (χ4v) is 1.96. The first-order valence-corrected chi connectivity index (χ1v) is 6.01. The second-order valence-corrected chi connectivity index (χ2v) is 4.46. The first-order chi connectivity index (χ1) is 7.83. The Balaban J connectivity index is 2.23. The van der Waals surface area contributed by atoms with Gasteiger partial charge in [0.05, 0.1) is 0 Å². The zero-order valence-electron chi connectivity index (χ0n) is 9.01. The molecular weight excluding hydrogens is 220 g/mol.